The molecule has 3 radical (unpaired) electrons. The number of aliphatic hydroxyl groups excluding tert-OH is 1. The van der Waals surface area contributed by atoms with E-state index in [1.807, 2.05) is 84.2 Å². The average molecular weight is 1650 g/mol. The Kier molecular flexibility index (Phi) is 41.6. The molecule has 24 atom stereocenters. The van der Waals surface area contributed by atoms with Crippen LogP contribution in [0.3, 0.4) is 0 Å². The molecule has 20 nitrogen and oxygen atoms in total. The SMILES string of the molecule is C.C.CCOC(=O)[C@H]1CC[C@@H]2C(=O)C([Se]c3ccccc3)C[C@H]12.CCOC(=O)[C@H]1CC[C@@H]2C(=O)C=C[C@@H]21.CCOC(=O)[C@H]1CC[C@@H]2C(=O)CC[C@@H]21.CCOC(=O)[C@H]1CC[C@@H]2CC=C[C@@H]21.CCOC(=O)[C@H]1CC[C@H]2[C@@H]1C=C[C@H]2O.CCOC(=O)[C@H]1CC[C@H]2[C@@H]1C=C[C@H]2OC(=S)SC.CCOC(=O)[C@H]1NC[C@@H]2CC=C[C@@H]21.[B].[H-].[Na+]. The molecule has 609 valence electrons. The molecule has 25 heteroatoms. The number of nitrogens with one attached hydrogen (secondary N) is 1. The van der Waals surface area contributed by atoms with Gasteiger partial charge in [0.15, 0.2) is 5.78 Å². The van der Waals surface area contributed by atoms with Gasteiger partial charge in [-0.1, -0.05) is 75.2 Å². The van der Waals surface area contributed by atoms with Crippen LogP contribution in [0.4, 0.5) is 0 Å². The van der Waals surface area contributed by atoms with Gasteiger partial charge in [-0.25, -0.2) is 0 Å². The van der Waals surface area contributed by atoms with E-state index in [1.165, 1.54) is 29.1 Å². The van der Waals surface area contributed by atoms with Gasteiger partial charge < -0.3 is 45.0 Å². The number of allylic oxidation sites excluding steroid dienone is 7. The fourth-order valence-electron chi connectivity index (χ4n) is 19.4. The number of esters is 7. The van der Waals surface area contributed by atoms with Gasteiger partial charge in [-0.2, -0.15) is 0 Å². The topological polar surface area (TPSA) is 277 Å². The van der Waals surface area contributed by atoms with Gasteiger partial charge in [0, 0.05) is 44.4 Å². The van der Waals surface area contributed by atoms with E-state index in [1.54, 1.807) is 19.1 Å². The van der Waals surface area contributed by atoms with Crippen molar-refractivity contribution in [3.05, 3.63) is 91.1 Å². The first-order chi connectivity index (χ1) is 51.7. The van der Waals surface area contributed by atoms with Gasteiger partial charge >= 0.3 is 197 Å². The second-order valence-corrected chi connectivity index (χ2v) is 34.2. The number of carbonyl (C=O) groups is 10. The molecule has 0 amide bonds. The molecule has 1 heterocycles. The van der Waals surface area contributed by atoms with Gasteiger partial charge in [0.25, 0.3) is 0 Å². The third kappa shape index (κ3) is 24.5. The first kappa shape index (κ1) is 96.5. The van der Waals surface area contributed by atoms with Crippen molar-refractivity contribution in [3.8, 4) is 0 Å². The molecule has 15 rings (SSSR count). The molecule has 9 fully saturated rings. The summed E-state index contributed by atoms with van der Waals surface area (Å²) in [5.74, 6) is 4.69. The predicted octanol–water partition coefficient (Wildman–Crippen LogP) is 9.66. The van der Waals surface area contributed by atoms with Crippen molar-refractivity contribution in [3.63, 3.8) is 0 Å². The number of thiocarbonyl (C=S) groups is 1. The third-order valence-electron chi connectivity index (χ3n) is 24.4. The van der Waals surface area contributed by atoms with E-state index in [-0.39, 0.29) is 223 Å². The van der Waals surface area contributed by atoms with Gasteiger partial charge in [-0.05, 0) is 204 Å². The number of ketones is 3. The fourth-order valence-corrected chi connectivity index (χ4v) is 22.4. The summed E-state index contributed by atoms with van der Waals surface area (Å²) in [4.78, 5) is 117. The number of aliphatic hydroxyl groups is 1. The molecular formula is C86H124BNNaO19S2Se. The quantitative estimate of drug-likeness (QED) is 0.0482. The number of hydrogen-bond acceptors (Lipinski definition) is 22. The average Bonchev–Trinajstić information content (AvgIpc) is 1.63. The Hall–Kier alpha value is -5.04. The Morgan fingerprint density at radius 2 is 0.955 bits per heavy atom. The zero-order valence-electron chi connectivity index (χ0n) is 66.3. The first-order valence-corrected chi connectivity index (χ1v) is 43.2. The molecule has 1 saturated heterocycles. The number of hydrogen-bond donors (Lipinski definition) is 2. The van der Waals surface area contributed by atoms with Crippen molar-refractivity contribution in [1.82, 2.24) is 5.32 Å². The maximum Gasteiger partial charge on any atom is 1.00 e. The van der Waals surface area contributed by atoms with Crippen LogP contribution in [0.5, 0.6) is 0 Å². The molecule has 1 aromatic rings. The van der Waals surface area contributed by atoms with Crippen LogP contribution < -0.4 is 39.3 Å². The molecule has 0 bridgehead atoms. The number of rotatable bonds is 17. The van der Waals surface area contributed by atoms with Crippen LogP contribution in [-0.2, 0) is 85.8 Å². The van der Waals surface area contributed by atoms with Gasteiger partial charge in [0.1, 0.15) is 17.9 Å². The second kappa shape index (κ2) is 47.9. The molecule has 1 aromatic carbocycles. The molecule has 8 saturated carbocycles. The van der Waals surface area contributed by atoms with Crippen LogP contribution in [0.1, 0.15) is 174 Å². The summed E-state index contributed by atoms with van der Waals surface area (Å²) >= 11 is 6.72. The Morgan fingerprint density at radius 3 is 1.53 bits per heavy atom. The van der Waals surface area contributed by atoms with Crippen LogP contribution in [0.2, 0.25) is 4.82 Å². The van der Waals surface area contributed by atoms with Crippen molar-refractivity contribution in [2.75, 3.05) is 59.0 Å². The smallest absolute Gasteiger partial charge is 1.00 e. The molecule has 0 spiro atoms. The Morgan fingerprint density at radius 1 is 0.495 bits per heavy atom. The molecule has 1 aliphatic heterocycles. The fraction of sp³-hybridized carbons (Fsp3) is 0.686. The van der Waals surface area contributed by atoms with E-state index in [0.717, 1.165) is 102 Å². The van der Waals surface area contributed by atoms with E-state index in [9.17, 15) is 53.1 Å². The summed E-state index contributed by atoms with van der Waals surface area (Å²) in [5, 5.41) is 12.8. The van der Waals surface area contributed by atoms with E-state index in [2.05, 4.69) is 47.8 Å². The number of ether oxygens (including phenoxy) is 8. The van der Waals surface area contributed by atoms with Gasteiger partial charge in [-0.15, -0.1) is 0 Å². The van der Waals surface area contributed by atoms with E-state index < -0.39 is 0 Å². The zero-order chi connectivity index (χ0) is 76.8. The Bertz CT molecular complexity index is 3370. The summed E-state index contributed by atoms with van der Waals surface area (Å²) in [5.41, 5.74) is 0. The number of benzene rings is 1. The summed E-state index contributed by atoms with van der Waals surface area (Å²) in [7, 11) is 0. The van der Waals surface area contributed by atoms with Gasteiger partial charge in [0.2, 0.25) is 4.38 Å². The van der Waals surface area contributed by atoms with Crippen molar-refractivity contribution in [2.24, 2.45) is 118 Å². The summed E-state index contributed by atoms with van der Waals surface area (Å²) < 4.78 is 43.0. The normalized spacial score (nSPS) is 33.7. The van der Waals surface area contributed by atoms with Crippen LogP contribution in [0.15, 0.2) is 91.1 Å². The number of Topliss-reactive ketones (excluding diaryl/α,β-unsaturated/α-hetero) is 2. The minimum atomic E-state index is -0.348. The van der Waals surface area contributed by atoms with Crippen molar-refractivity contribution >= 4 is 115 Å². The van der Waals surface area contributed by atoms with Gasteiger partial charge in [0.05, 0.1) is 75.3 Å². The molecule has 14 aliphatic rings. The second-order valence-electron chi connectivity index (χ2n) is 30.1. The molecule has 111 heavy (non-hydrogen) atoms. The van der Waals surface area contributed by atoms with E-state index in [4.69, 9.17) is 50.1 Å². The minimum Gasteiger partial charge on any atom is -1.00 e. The maximum atomic E-state index is 12.6. The largest absolute Gasteiger partial charge is 1.00 e. The Balaban J connectivity index is 0.000000275. The summed E-state index contributed by atoms with van der Waals surface area (Å²) in [6.45, 7) is 17.0. The van der Waals surface area contributed by atoms with Crippen LogP contribution in [0.25, 0.3) is 0 Å². The molecule has 2 N–H and O–H groups in total. The minimum absolute atomic E-state index is 0. The predicted molar refractivity (Wildman–Crippen MR) is 430 cm³/mol. The Labute approximate surface area is 701 Å². The monoisotopic (exact) mass is 1650 g/mol. The summed E-state index contributed by atoms with van der Waals surface area (Å²) in [6.07, 6.45) is 37.4. The third-order valence-corrected chi connectivity index (χ3v) is 28.1. The molecule has 1 unspecified atom stereocenters. The molecule has 0 aromatic heterocycles. The van der Waals surface area contributed by atoms with Crippen molar-refractivity contribution < 1.29 is 122 Å². The maximum absolute atomic E-state index is 12.6. The van der Waals surface area contributed by atoms with Crippen LogP contribution in [-0.4, -0.2) is 169 Å². The number of thioether (sulfide) groups is 1. The van der Waals surface area contributed by atoms with Crippen molar-refractivity contribution in [1.29, 1.82) is 0 Å². The molecular weight excluding hydrogens is 1530 g/mol. The summed E-state index contributed by atoms with van der Waals surface area (Å²) in [6, 6.07) is 10.2. The van der Waals surface area contributed by atoms with Crippen LogP contribution >= 0.6 is 24.0 Å². The standard InChI is InChI=1S/C17H20O3Se.C13H18O3S2.2C11H16O3.C11H14O3.C11H16O2.C10H15NO2.2CH4.B.Na.H/c1-2-20-17(19)13-9-8-12-14(13)10-15(16(12)18)21-11-6-4-3-5-7-11;1-3-15-12(14)10-5-4-9-8(10)6-7-11(9)16-13(17)18-2;3*1-2-14-11(13)9-4-3-8-7(9)5-6-10(8)12;1-2-13-11(12)10-7-6-8-4-3-5-9(8)10;1-2-13-10(12)9-8-5-3-4-7(8)6-11-9;;;;;/h3-7,12-15H,2,8-10H2,1H3;6-11H,3-5H2,1-2H3;7-9H,2-6H2,1H3;5-10,12H,2-4H2,1H3;5-9H,2-4H2,1H3;3,5,8-10H,2,4,6-7H2,1H3;3,5,7-9,11H,2,4,6H2,1H3;2*1H4;;;/q;;;;;;;;;;+1;-1/t12-,13-,14-,15?;8-,9-,10-,11+;7-,8-,9-;7-,8-,9-,10+;7-,8-,9-;8-,9-,10-;7-,8-,9-;;;;;/m0000000...../s1. The first-order valence-electron chi connectivity index (χ1n) is 39.8. The van der Waals surface area contributed by atoms with Gasteiger partial charge in [-0.3, -0.25) is 38.4 Å². The van der Waals surface area contributed by atoms with Crippen LogP contribution in [0, 0.1) is 118 Å². The zero-order valence-corrected chi connectivity index (χ0v) is 70.6. The van der Waals surface area contributed by atoms with Crippen molar-refractivity contribution in [2.45, 2.75) is 196 Å². The van der Waals surface area contributed by atoms with E-state index >= 15 is 0 Å². The van der Waals surface area contributed by atoms with E-state index in [0.29, 0.717) is 98.2 Å². The molecule has 13 aliphatic carbocycles. The number of carbonyl (C=O) groups excluding carboxylic acids is 10. The number of fused-ring (bicyclic) bond motifs is 7.